The fourth-order valence-corrected chi connectivity index (χ4v) is 6.70. The zero-order chi connectivity index (χ0) is 25.6. The highest BCUT2D eigenvalue weighted by molar-refractivity contribution is 9.10. The van der Waals surface area contributed by atoms with Crippen LogP contribution in [0.25, 0.3) is 22.4 Å². The first-order valence-electron chi connectivity index (χ1n) is 12.4. The summed E-state index contributed by atoms with van der Waals surface area (Å²) in [6.07, 6.45) is 6.14. The molecule has 0 saturated heterocycles. The van der Waals surface area contributed by atoms with E-state index < -0.39 is 0 Å². The second kappa shape index (κ2) is 9.80. The summed E-state index contributed by atoms with van der Waals surface area (Å²) in [5.41, 5.74) is 9.56. The van der Waals surface area contributed by atoms with Crippen molar-refractivity contribution in [2.45, 2.75) is 13.1 Å². The summed E-state index contributed by atoms with van der Waals surface area (Å²) in [6, 6.07) is 27.8. The molecule has 0 saturated carbocycles. The minimum atomic E-state index is 0.908. The van der Waals surface area contributed by atoms with Crippen LogP contribution < -0.4 is 9.80 Å². The van der Waals surface area contributed by atoms with Crippen molar-refractivity contribution >= 4 is 88.8 Å². The first-order valence-corrected chi connectivity index (χ1v) is 14.8. The molecular formula is C31H22Br2N4S. The normalized spacial score (nSPS) is 14.5. The number of rotatable bonds is 4. The van der Waals surface area contributed by atoms with Crippen molar-refractivity contribution in [1.29, 1.82) is 0 Å². The molecular weight excluding hydrogens is 620 g/mol. The molecule has 2 aliphatic rings. The van der Waals surface area contributed by atoms with Crippen LogP contribution in [0.2, 0.25) is 0 Å². The van der Waals surface area contributed by atoms with Gasteiger partial charge in [-0.25, -0.2) is 4.98 Å². The van der Waals surface area contributed by atoms with Crippen molar-refractivity contribution in [1.82, 2.24) is 4.98 Å². The molecule has 2 aliphatic heterocycles. The van der Waals surface area contributed by atoms with Gasteiger partial charge in [0.05, 0.1) is 22.6 Å². The standard InChI is InChI=1S/C31H22Br2N4S/c32-24-5-1-20(2-6-24)4-12-31-35-27-9-8-26(15-30(27)38-31)34-16-21-3-10-28-22(13-21)17-36-19-37(28)18-23-14-25(33)7-11-29(23)36/h1-16H,17-19H2/b12-4+,34-16?. The largest absolute Gasteiger partial charge is 0.349 e. The summed E-state index contributed by atoms with van der Waals surface area (Å²) >= 11 is 8.79. The number of thiazole rings is 1. The molecule has 38 heavy (non-hydrogen) atoms. The molecule has 0 radical (unpaired) electrons. The number of fused-ring (bicyclic) bond motifs is 7. The van der Waals surface area contributed by atoms with Crippen molar-refractivity contribution in [3.05, 3.63) is 115 Å². The second-order valence-electron chi connectivity index (χ2n) is 9.55. The summed E-state index contributed by atoms with van der Waals surface area (Å²) in [6.45, 7) is 2.77. The van der Waals surface area contributed by atoms with Crippen molar-refractivity contribution < 1.29 is 0 Å². The molecule has 0 aliphatic carbocycles. The minimum absolute atomic E-state index is 0.908. The second-order valence-corrected chi connectivity index (χ2v) is 12.4. The van der Waals surface area contributed by atoms with Crippen LogP contribution in [-0.2, 0) is 13.1 Å². The lowest BCUT2D eigenvalue weighted by Crippen LogP contribution is -2.46. The predicted molar refractivity (Wildman–Crippen MR) is 168 cm³/mol. The fraction of sp³-hybridized carbons (Fsp3) is 0.0968. The van der Waals surface area contributed by atoms with Crippen molar-refractivity contribution in [2.24, 2.45) is 4.99 Å². The smallest absolute Gasteiger partial charge is 0.117 e. The maximum absolute atomic E-state index is 4.80. The molecule has 0 atom stereocenters. The lowest BCUT2D eigenvalue weighted by atomic mass is 10.0. The van der Waals surface area contributed by atoms with Crippen molar-refractivity contribution in [3.8, 4) is 0 Å². The van der Waals surface area contributed by atoms with Gasteiger partial charge >= 0.3 is 0 Å². The Morgan fingerprint density at radius 3 is 2.26 bits per heavy atom. The van der Waals surface area contributed by atoms with Gasteiger partial charge in [-0.3, -0.25) is 4.99 Å². The Labute approximate surface area is 242 Å². The van der Waals surface area contributed by atoms with Gasteiger partial charge in [0.25, 0.3) is 0 Å². The molecule has 2 bridgehead atoms. The van der Waals surface area contributed by atoms with Crippen LogP contribution in [0.4, 0.5) is 17.1 Å². The van der Waals surface area contributed by atoms with Gasteiger partial charge in [-0.1, -0.05) is 56.1 Å². The highest BCUT2D eigenvalue weighted by atomic mass is 79.9. The highest BCUT2D eigenvalue weighted by Gasteiger charge is 2.29. The third-order valence-electron chi connectivity index (χ3n) is 6.93. The number of halogens is 2. The summed E-state index contributed by atoms with van der Waals surface area (Å²) < 4.78 is 3.35. The zero-order valence-electron chi connectivity index (χ0n) is 20.3. The lowest BCUT2D eigenvalue weighted by Gasteiger charge is -2.44. The van der Waals surface area contributed by atoms with Crippen LogP contribution in [0, 0.1) is 0 Å². The van der Waals surface area contributed by atoms with Crippen molar-refractivity contribution in [3.63, 3.8) is 0 Å². The van der Waals surface area contributed by atoms with E-state index in [-0.39, 0.29) is 0 Å². The van der Waals surface area contributed by atoms with E-state index >= 15 is 0 Å². The van der Waals surface area contributed by atoms with Crippen LogP contribution in [0.3, 0.4) is 0 Å². The molecule has 0 spiro atoms. The number of hydrogen-bond donors (Lipinski definition) is 0. The molecule has 0 amide bonds. The number of hydrogen-bond acceptors (Lipinski definition) is 5. The first kappa shape index (κ1) is 23.8. The summed E-state index contributed by atoms with van der Waals surface area (Å²) in [7, 11) is 0. The Kier molecular flexibility index (Phi) is 6.15. The summed E-state index contributed by atoms with van der Waals surface area (Å²) in [5, 5.41) is 0.989. The van der Waals surface area contributed by atoms with E-state index in [1.165, 1.54) is 22.5 Å². The van der Waals surface area contributed by atoms with Gasteiger partial charge in [-0.15, -0.1) is 11.3 Å². The summed E-state index contributed by atoms with van der Waals surface area (Å²) in [4.78, 5) is 14.5. The molecule has 3 heterocycles. The van der Waals surface area contributed by atoms with Gasteiger partial charge in [0.15, 0.2) is 0 Å². The molecule has 5 aromatic rings. The number of aliphatic imine (C=N–C) groups is 1. The molecule has 4 aromatic carbocycles. The molecule has 0 N–H and O–H groups in total. The predicted octanol–water partition coefficient (Wildman–Crippen LogP) is 9.04. The van der Waals surface area contributed by atoms with Gasteiger partial charge in [0.2, 0.25) is 0 Å². The van der Waals surface area contributed by atoms with Gasteiger partial charge in [-0.2, -0.15) is 0 Å². The van der Waals surface area contributed by atoms with Crippen LogP contribution in [0.1, 0.15) is 27.3 Å². The average Bonchev–Trinajstić information content (AvgIpc) is 3.33. The molecule has 186 valence electrons. The van der Waals surface area contributed by atoms with E-state index in [1.54, 1.807) is 11.3 Å². The average molecular weight is 642 g/mol. The minimum Gasteiger partial charge on any atom is -0.349 e. The zero-order valence-corrected chi connectivity index (χ0v) is 24.3. The molecule has 7 rings (SSSR count). The fourth-order valence-electron chi connectivity index (χ4n) is 5.12. The molecule has 7 heteroatoms. The third-order valence-corrected chi connectivity index (χ3v) is 8.94. The Bertz CT molecular complexity index is 1740. The molecule has 0 unspecified atom stereocenters. The Hall–Kier alpha value is -3.26. The highest BCUT2D eigenvalue weighted by Crippen LogP contribution is 2.39. The van der Waals surface area contributed by atoms with Gasteiger partial charge in [-0.05, 0) is 89.0 Å². The van der Waals surface area contributed by atoms with Gasteiger partial charge in [0, 0.05) is 39.6 Å². The maximum atomic E-state index is 4.80. The lowest BCUT2D eigenvalue weighted by molar-refractivity contribution is 0.650. The van der Waals surface area contributed by atoms with E-state index in [1.807, 2.05) is 24.4 Å². The van der Waals surface area contributed by atoms with Crippen LogP contribution >= 0.6 is 43.2 Å². The monoisotopic (exact) mass is 640 g/mol. The molecule has 0 fully saturated rings. The van der Waals surface area contributed by atoms with Gasteiger partial charge < -0.3 is 9.80 Å². The number of benzene rings is 4. The topological polar surface area (TPSA) is 31.7 Å². The molecule has 1 aromatic heterocycles. The molecule has 4 nitrogen and oxygen atoms in total. The van der Waals surface area contributed by atoms with Crippen LogP contribution in [0.15, 0.2) is 92.8 Å². The number of nitrogens with zero attached hydrogens (tertiary/aromatic N) is 4. The Balaban J connectivity index is 1.10. The van der Waals surface area contributed by atoms with E-state index in [4.69, 9.17) is 9.98 Å². The number of aromatic nitrogens is 1. The quantitative estimate of drug-likeness (QED) is 0.184. The van der Waals surface area contributed by atoms with E-state index in [2.05, 4.69) is 114 Å². The first-order chi connectivity index (χ1) is 18.6. The van der Waals surface area contributed by atoms with E-state index in [9.17, 15) is 0 Å². The van der Waals surface area contributed by atoms with Crippen LogP contribution in [-0.4, -0.2) is 17.9 Å². The Morgan fingerprint density at radius 1 is 0.737 bits per heavy atom. The Morgan fingerprint density at radius 2 is 1.45 bits per heavy atom. The third kappa shape index (κ3) is 4.70. The SMILES string of the molecule is Brc1ccc(/C=C/c2nc3ccc(N=Cc4ccc5c(c4)CN4CN5Cc5cc(Br)ccc54)cc3s2)cc1. The van der Waals surface area contributed by atoms with E-state index in [0.29, 0.717) is 0 Å². The van der Waals surface area contributed by atoms with E-state index in [0.717, 1.165) is 60.7 Å². The van der Waals surface area contributed by atoms with Gasteiger partial charge in [0.1, 0.15) is 5.01 Å². The number of anilines is 2. The van der Waals surface area contributed by atoms with Crippen LogP contribution in [0.5, 0.6) is 0 Å². The maximum Gasteiger partial charge on any atom is 0.117 e. The summed E-state index contributed by atoms with van der Waals surface area (Å²) in [5.74, 6) is 0. The van der Waals surface area contributed by atoms with Crippen molar-refractivity contribution in [2.75, 3.05) is 16.5 Å².